The Morgan fingerprint density at radius 3 is 1.24 bits per heavy atom. The zero-order chi connectivity index (χ0) is 26.9. The lowest BCUT2D eigenvalue weighted by atomic mass is 9.89. The molecule has 0 fully saturated rings. The molecule has 0 saturated carbocycles. The first-order chi connectivity index (χ1) is 17.5. The lowest BCUT2D eigenvalue weighted by Gasteiger charge is -2.35. The number of hydrogen-bond acceptors (Lipinski definition) is 1. The summed E-state index contributed by atoms with van der Waals surface area (Å²) < 4.78 is 131. The largest absolute Gasteiger partial charge is 0.304 e. The van der Waals surface area contributed by atoms with Crippen LogP contribution in [-0.2, 0) is 6.42 Å². The highest BCUT2D eigenvalue weighted by atomic mass is 19.2. The molecule has 0 aliphatic carbocycles. The molecule has 0 spiro atoms. The van der Waals surface area contributed by atoms with Crippen molar-refractivity contribution in [2.75, 3.05) is 4.90 Å². The van der Waals surface area contributed by atoms with Crippen LogP contribution in [0.25, 0.3) is 11.1 Å². The van der Waals surface area contributed by atoms with E-state index in [1.165, 1.54) is 12.1 Å². The molecule has 0 bridgehead atoms. The van der Waals surface area contributed by atoms with Gasteiger partial charge in [-0.1, -0.05) is 24.3 Å². The molecule has 10 heteroatoms. The van der Waals surface area contributed by atoms with E-state index in [-0.39, 0.29) is 11.4 Å². The lowest BCUT2D eigenvalue weighted by Crippen LogP contribution is -2.23. The number of fused-ring (bicyclic) bond motifs is 2. The van der Waals surface area contributed by atoms with Gasteiger partial charge in [0.15, 0.2) is 46.5 Å². The third-order valence-corrected chi connectivity index (χ3v) is 6.53. The Hall–Kier alpha value is -3.95. The van der Waals surface area contributed by atoms with Gasteiger partial charge in [-0.05, 0) is 48.2 Å². The standard InChI is InChI=1S/C27H14F9N/c1-10-5-3-7-14-12(10)9-13-11(2)6-4-8-15(13)37(14)27-25(35)20(30)17(21(31)26(27)36)16-18(28)22(32)24(34)23(33)19(16)29/h3-8H,9H2,1-2H3. The molecule has 0 unspecified atom stereocenters. The molecular formula is C27H14F9N. The van der Waals surface area contributed by atoms with Crippen LogP contribution in [-0.4, -0.2) is 0 Å². The number of aryl methyl sites for hydroxylation is 2. The molecule has 0 N–H and O–H groups in total. The highest BCUT2D eigenvalue weighted by Crippen LogP contribution is 2.49. The smallest absolute Gasteiger partial charge is 0.200 e. The Bertz CT molecular complexity index is 1520. The Kier molecular flexibility index (Phi) is 5.73. The number of anilines is 3. The van der Waals surface area contributed by atoms with E-state index < -0.39 is 69.2 Å². The second-order valence-corrected chi connectivity index (χ2v) is 8.58. The van der Waals surface area contributed by atoms with Crippen molar-refractivity contribution in [2.24, 2.45) is 0 Å². The molecule has 4 aromatic rings. The molecule has 0 amide bonds. The second kappa shape index (κ2) is 8.57. The third-order valence-electron chi connectivity index (χ3n) is 6.53. The van der Waals surface area contributed by atoms with Crippen molar-refractivity contribution in [1.29, 1.82) is 0 Å². The minimum absolute atomic E-state index is 0.193. The van der Waals surface area contributed by atoms with Crippen LogP contribution >= 0.6 is 0 Å². The van der Waals surface area contributed by atoms with Gasteiger partial charge in [0.05, 0.1) is 22.5 Å². The van der Waals surface area contributed by atoms with Crippen LogP contribution in [0.3, 0.4) is 0 Å². The molecule has 0 atom stereocenters. The maximum atomic E-state index is 15.6. The fraction of sp³-hybridized carbons (Fsp3) is 0.111. The summed E-state index contributed by atoms with van der Waals surface area (Å²) >= 11 is 0. The molecule has 1 heterocycles. The minimum atomic E-state index is -2.61. The van der Waals surface area contributed by atoms with E-state index in [9.17, 15) is 22.0 Å². The highest BCUT2D eigenvalue weighted by molar-refractivity contribution is 5.86. The summed E-state index contributed by atoms with van der Waals surface area (Å²) in [5.74, 6) is -21.7. The normalized spacial score (nSPS) is 12.6. The first kappa shape index (κ1) is 24.7. The molecule has 4 aromatic carbocycles. The monoisotopic (exact) mass is 523 g/mol. The lowest BCUT2D eigenvalue weighted by molar-refractivity contribution is 0.379. The van der Waals surface area contributed by atoms with Crippen molar-refractivity contribution >= 4 is 17.1 Å². The van der Waals surface area contributed by atoms with E-state index in [1.807, 2.05) is 0 Å². The second-order valence-electron chi connectivity index (χ2n) is 8.58. The fourth-order valence-electron chi connectivity index (χ4n) is 4.66. The number of rotatable bonds is 2. The average molecular weight is 523 g/mol. The summed E-state index contributed by atoms with van der Waals surface area (Å²) in [4.78, 5) is 0.938. The Balaban J connectivity index is 1.86. The summed E-state index contributed by atoms with van der Waals surface area (Å²) in [6.45, 7) is 3.47. The molecule has 0 radical (unpaired) electrons. The van der Waals surface area contributed by atoms with Crippen LogP contribution in [0.2, 0.25) is 0 Å². The van der Waals surface area contributed by atoms with Gasteiger partial charge in [0, 0.05) is 6.42 Å². The molecule has 190 valence electrons. The van der Waals surface area contributed by atoms with E-state index in [2.05, 4.69) is 0 Å². The highest BCUT2D eigenvalue weighted by Gasteiger charge is 2.38. The van der Waals surface area contributed by atoms with Gasteiger partial charge >= 0.3 is 0 Å². The Labute approximate surface area is 204 Å². The quantitative estimate of drug-likeness (QED) is 0.127. The maximum Gasteiger partial charge on any atom is 0.200 e. The first-order valence-electron chi connectivity index (χ1n) is 10.8. The Morgan fingerprint density at radius 2 is 0.838 bits per heavy atom. The molecule has 1 nitrogen and oxygen atoms in total. The van der Waals surface area contributed by atoms with Gasteiger partial charge in [-0.15, -0.1) is 0 Å². The van der Waals surface area contributed by atoms with Crippen molar-refractivity contribution in [3.05, 3.63) is 111 Å². The zero-order valence-corrected chi connectivity index (χ0v) is 19.0. The van der Waals surface area contributed by atoms with Crippen LogP contribution < -0.4 is 4.90 Å². The first-order valence-corrected chi connectivity index (χ1v) is 10.8. The van der Waals surface area contributed by atoms with Gasteiger partial charge in [-0.3, -0.25) is 0 Å². The predicted octanol–water partition coefficient (Wildman–Crippen LogP) is 8.60. The number of hydrogen-bond donors (Lipinski definition) is 0. The molecule has 0 aromatic heterocycles. The van der Waals surface area contributed by atoms with Crippen LogP contribution in [0.5, 0.6) is 0 Å². The van der Waals surface area contributed by atoms with Crippen molar-refractivity contribution in [3.63, 3.8) is 0 Å². The van der Waals surface area contributed by atoms with Crippen molar-refractivity contribution < 1.29 is 39.5 Å². The van der Waals surface area contributed by atoms with Gasteiger partial charge in [0.25, 0.3) is 0 Å². The zero-order valence-electron chi connectivity index (χ0n) is 19.0. The van der Waals surface area contributed by atoms with Gasteiger partial charge in [-0.2, -0.15) is 0 Å². The van der Waals surface area contributed by atoms with E-state index >= 15 is 17.6 Å². The van der Waals surface area contributed by atoms with Crippen LogP contribution in [0.4, 0.5) is 56.6 Å². The molecular weight excluding hydrogens is 509 g/mol. The van der Waals surface area contributed by atoms with Crippen LogP contribution in [0.15, 0.2) is 36.4 Å². The summed E-state index contributed by atoms with van der Waals surface area (Å²) in [6, 6.07) is 9.54. The maximum absolute atomic E-state index is 15.6. The van der Waals surface area contributed by atoms with Gasteiger partial charge < -0.3 is 4.90 Å². The van der Waals surface area contributed by atoms with Gasteiger partial charge in [0.2, 0.25) is 5.82 Å². The topological polar surface area (TPSA) is 3.24 Å². The summed E-state index contributed by atoms with van der Waals surface area (Å²) in [5.41, 5.74) is -2.40. The average Bonchev–Trinajstić information content (AvgIpc) is 2.88. The van der Waals surface area contributed by atoms with E-state index in [0.29, 0.717) is 17.5 Å². The van der Waals surface area contributed by atoms with Crippen LogP contribution in [0, 0.1) is 66.2 Å². The molecule has 37 heavy (non-hydrogen) atoms. The van der Waals surface area contributed by atoms with Gasteiger partial charge in [-0.25, -0.2) is 39.5 Å². The molecule has 5 rings (SSSR count). The van der Waals surface area contributed by atoms with E-state index in [0.717, 1.165) is 16.0 Å². The molecule has 1 aliphatic heterocycles. The van der Waals surface area contributed by atoms with Gasteiger partial charge in [0.1, 0.15) is 5.69 Å². The number of nitrogens with zero attached hydrogens (tertiary/aromatic N) is 1. The summed E-state index contributed by atoms with van der Waals surface area (Å²) in [7, 11) is 0. The number of halogens is 9. The third kappa shape index (κ3) is 3.42. The number of benzene rings is 4. The molecule has 1 aliphatic rings. The van der Waals surface area contributed by atoms with Crippen molar-refractivity contribution in [2.45, 2.75) is 20.3 Å². The van der Waals surface area contributed by atoms with Crippen molar-refractivity contribution in [1.82, 2.24) is 0 Å². The SMILES string of the molecule is Cc1cccc2c1Cc1c(C)cccc1N2c1c(F)c(F)c(-c2c(F)c(F)c(F)c(F)c2F)c(F)c1F. The summed E-state index contributed by atoms with van der Waals surface area (Å²) in [5, 5.41) is 0. The minimum Gasteiger partial charge on any atom is -0.304 e. The van der Waals surface area contributed by atoms with E-state index in [4.69, 9.17) is 0 Å². The van der Waals surface area contributed by atoms with Crippen molar-refractivity contribution in [3.8, 4) is 11.1 Å². The Morgan fingerprint density at radius 1 is 0.486 bits per heavy atom. The van der Waals surface area contributed by atoms with E-state index in [1.54, 1.807) is 38.1 Å². The fourth-order valence-corrected chi connectivity index (χ4v) is 4.66. The molecule has 0 saturated heterocycles. The summed E-state index contributed by atoms with van der Waals surface area (Å²) in [6.07, 6.45) is 0.345. The predicted molar refractivity (Wildman–Crippen MR) is 118 cm³/mol. The van der Waals surface area contributed by atoms with Crippen LogP contribution in [0.1, 0.15) is 22.3 Å².